The highest BCUT2D eigenvalue weighted by atomic mass is 32.2. The molecule has 0 saturated carbocycles. The zero-order chi connectivity index (χ0) is 18.9. The van der Waals surface area contributed by atoms with E-state index in [2.05, 4.69) is 0 Å². The molecule has 1 aliphatic heterocycles. The van der Waals surface area contributed by atoms with Gasteiger partial charge in [0.25, 0.3) is 0 Å². The molecule has 0 aromatic heterocycles. The predicted molar refractivity (Wildman–Crippen MR) is 99.7 cm³/mol. The van der Waals surface area contributed by atoms with Gasteiger partial charge in [-0.3, -0.25) is 4.79 Å². The topological polar surface area (TPSA) is 66.9 Å². The molecule has 0 saturated heterocycles. The lowest BCUT2D eigenvalue weighted by Gasteiger charge is -2.33. The van der Waals surface area contributed by atoms with Crippen LogP contribution in [0, 0.1) is 0 Å². The molecule has 2 aromatic rings. The van der Waals surface area contributed by atoms with E-state index in [-0.39, 0.29) is 23.5 Å². The van der Waals surface area contributed by atoms with Gasteiger partial charge < -0.3 is 9.64 Å². The van der Waals surface area contributed by atoms with E-state index in [4.69, 9.17) is 4.74 Å². The van der Waals surface area contributed by atoms with Crippen LogP contribution in [0.3, 0.4) is 0 Å². The molecule has 7 heteroatoms. The quantitative estimate of drug-likeness (QED) is 0.825. The number of sulfonamides is 1. The van der Waals surface area contributed by atoms with Gasteiger partial charge in [0.15, 0.2) is 0 Å². The minimum absolute atomic E-state index is 0.138. The Balaban J connectivity index is 1.93. The van der Waals surface area contributed by atoms with E-state index in [9.17, 15) is 13.2 Å². The van der Waals surface area contributed by atoms with E-state index < -0.39 is 10.0 Å². The third-order valence-electron chi connectivity index (χ3n) is 4.33. The fourth-order valence-corrected chi connectivity index (χ4v) is 4.16. The first-order valence-electron chi connectivity index (χ1n) is 8.38. The highest BCUT2D eigenvalue weighted by molar-refractivity contribution is 7.89. The summed E-state index contributed by atoms with van der Waals surface area (Å²) in [7, 11) is -2.15. The van der Waals surface area contributed by atoms with E-state index in [1.54, 1.807) is 18.0 Å². The largest absolute Gasteiger partial charge is 0.487 e. The summed E-state index contributed by atoms with van der Waals surface area (Å²) in [6.45, 7) is 4.00. The number of fused-ring (bicyclic) bond motifs is 1. The molecular formula is C19H22N2O4S. The third-order valence-corrected chi connectivity index (χ3v) is 6.12. The number of amides is 1. The zero-order valence-corrected chi connectivity index (χ0v) is 15.9. The van der Waals surface area contributed by atoms with Gasteiger partial charge in [0, 0.05) is 20.5 Å². The van der Waals surface area contributed by atoms with Crippen molar-refractivity contribution in [3.05, 3.63) is 54.1 Å². The monoisotopic (exact) mass is 374 g/mol. The molecular weight excluding hydrogens is 352 g/mol. The van der Waals surface area contributed by atoms with Gasteiger partial charge in [-0.25, -0.2) is 8.42 Å². The molecule has 138 valence electrons. The van der Waals surface area contributed by atoms with Crippen molar-refractivity contribution in [3.8, 4) is 5.75 Å². The molecule has 6 nitrogen and oxygen atoms in total. The minimum atomic E-state index is -3.69. The molecule has 0 N–H and O–H groups in total. The van der Waals surface area contributed by atoms with Gasteiger partial charge >= 0.3 is 0 Å². The lowest BCUT2D eigenvalue weighted by molar-refractivity contribution is -0.117. The zero-order valence-electron chi connectivity index (χ0n) is 15.0. The smallest absolute Gasteiger partial charge is 0.243 e. The molecule has 1 unspecified atom stereocenters. The van der Waals surface area contributed by atoms with Crippen molar-refractivity contribution in [2.75, 3.05) is 18.5 Å². The summed E-state index contributed by atoms with van der Waals surface area (Å²) < 4.78 is 32.9. The van der Waals surface area contributed by atoms with Crippen LogP contribution in [0.4, 0.5) is 5.69 Å². The van der Waals surface area contributed by atoms with Crippen LogP contribution in [0.2, 0.25) is 0 Å². The van der Waals surface area contributed by atoms with Gasteiger partial charge in [-0.2, -0.15) is 4.31 Å². The van der Waals surface area contributed by atoms with E-state index in [0.717, 1.165) is 5.56 Å². The number of hydrogen-bond acceptors (Lipinski definition) is 4. The van der Waals surface area contributed by atoms with Gasteiger partial charge in [0.05, 0.1) is 17.1 Å². The number of carbonyl (C=O) groups is 1. The summed E-state index contributed by atoms with van der Waals surface area (Å²) in [5.41, 5.74) is 1.39. The molecule has 2 aromatic carbocycles. The lowest BCUT2D eigenvalue weighted by atomic mass is 10.2. The molecule has 0 fully saturated rings. The average molecular weight is 374 g/mol. The van der Waals surface area contributed by atoms with Crippen LogP contribution >= 0.6 is 0 Å². The molecule has 1 aliphatic rings. The minimum Gasteiger partial charge on any atom is -0.487 e. The van der Waals surface area contributed by atoms with E-state index in [0.29, 0.717) is 18.0 Å². The Hall–Kier alpha value is -2.38. The van der Waals surface area contributed by atoms with Gasteiger partial charge in [0.2, 0.25) is 15.9 Å². The van der Waals surface area contributed by atoms with Crippen molar-refractivity contribution in [2.45, 2.75) is 31.4 Å². The van der Waals surface area contributed by atoms with Crippen LogP contribution in [0.5, 0.6) is 5.75 Å². The summed E-state index contributed by atoms with van der Waals surface area (Å²) in [6, 6.07) is 14.0. The third kappa shape index (κ3) is 3.59. The Bertz CT molecular complexity index is 912. The second kappa shape index (κ2) is 7.09. The maximum atomic E-state index is 12.9. The maximum Gasteiger partial charge on any atom is 0.243 e. The summed E-state index contributed by atoms with van der Waals surface area (Å²) in [5, 5.41) is 0. The van der Waals surface area contributed by atoms with Gasteiger partial charge in [-0.15, -0.1) is 0 Å². The van der Waals surface area contributed by atoms with Gasteiger partial charge in [0.1, 0.15) is 11.9 Å². The van der Waals surface area contributed by atoms with Gasteiger partial charge in [-0.05, 0) is 30.7 Å². The van der Waals surface area contributed by atoms with Crippen molar-refractivity contribution < 1.29 is 17.9 Å². The molecule has 1 amide bonds. The highest BCUT2D eigenvalue weighted by Crippen LogP contribution is 2.36. The van der Waals surface area contributed by atoms with E-state index in [1.165, 1.54) is 23.4 Å². The van der Waals surface area contributed by atoms with Crippen LogP contribution < -0.4 is 9.64 Å². The molecule has 0 spiro atoms. The molecule has 0 aliphatic carbocycles. The molecule has 0 bridgehead atoms. The summed E-state index contributed by atoms with van der Waals surface area (Å²) in [5.74, 6) is 0.372. The molecule has 1 atom stereocenters. The normalized spacial score (nSPS) is 16.9. The van der Waals surface area contributed by atoms with Crippen molar-refractivity contribution in [3.63, 3.8) is 0 Å². The Labute approximate surface area is 154 Å². The SMILES string of the molecule is CC(=O)N1CC(C)Oc2ccc(S(=O)(=O)N(C)Cc3ccccc3)cc21. The van der Waals surface area contributed by atoms with E-state index >= 15 is 0 Å². The second-order valence-electron chi connectivity index (χ2n) is 6.43. The fourth-order valence-electron chi connectivity index (χ4n) is 2.98. The number of hydrogen-bond donors (Lipinski definition) is 0. The Kier molecular flexibility index (Phi) is 5.02. The van der Waals surface area contributed by atoms with Crippen LogP contribution in [0.1, 0.15) is 19.4 Å². The standard InChI is InChI=1S/C19H22N2O4S/c1-14-12-21(15(2)22)18-11-17(9-10-19(18)25-14)26(23,24)20(3)13-16-7-5-4-6-8-16/h4-11,14H,12-13H2,1-3H3. The molecule has 26 heavy (non-hydrogen) atoms. The lowest BCUT2D eigenvalue weighted by Crippen LogP contribution is -2.41. The average Bonchev–Trinajstić information content (AvgIpc) is 2.61. The Morgan fingerprint density at radius 3 is 2.58 bits per heavy atom. The number of anilines is 1. The van der Waals surface area contributed by atoms with Crippen molar-refractivity contribution in [1.29, 1.82) is 0 Å². The van der Waals surface area contributed by atoms with E-state index in [1.807, 2.05) is 37.3 Å². The first-order valence-corrected chi connectivity index (χ1v) is 9.82. The Morgan fingerprint density at radius 1 is 1.23 bits per heavy atom. The van der Waals surface area contributed by atoms with Crippen LogP contribution in [-0.4, -0.2) is 38.3 Å². The number of ether oxygens (including phenoxy) is 1. The number of carbonyl (C=O) groups excluding carboxylic acids is 1. The second-order valence-corrected chi connectivity index (χ2v) is 8.48. The fraction of sp³-hybridized carbons (Fsp3) is 0.316. The summed E-state index contributed by atoms with van der Waals surface area (Å²) >= 11 is 0. The molecule has 3 rings (SSSR count). The number of rotatable bonds is 4. The number of nitrogens with zero attached hydrogens (tertiary/aromatic N) is 2. The predicted octanol–water partition coefficient (Wildman–Crippen LogP) is 2.64. The molecule has 0 radical (unpaired) electrons. The van der Waals surface area contributed by atoms with Gasteiger partial charge in [-0.1, -0.05) is 30.3 Å². The highest BCUT2D eigenvalue weighted by Gasteiger charge is 2.29. The van der Waals surface area contributed by atoms with Crippen LogP contribution in [-0.2, 0) is 21.4 Å². The Morgan fingerprint density at radius 2 is 1.92 bits per heavy atom. The number of benzene rings is 2. The van der Waals surface area contributed by atoms with Crippen LogP contribution in [0.25, 0.3) is 0 Å². The summed E-state index contributed by atoms with van der Waals surface area (Å²) in [4.78, 5) is 13.6. The first kappa shape index (κ1) is 18.4. The van der Waals surface area contributed by atoms with Crippen molar-refractivity contribution >= 4 is 21.6 Å². The molecule has 1 heterocycles. The van der Waals surface area contributed by atoms with Crippen molar-refractivity contribution in [1.82, 2.24) is 4.31 Å². The maximum absolute atomic E-state index is 12.9. The summed E-state index contributed by atoms with van der Waals surface area (Å²) in [6.07, 6.45) is -0.144. The van der Waals surface area contributed by atoms with Crippen molar-refractivity contribution in [2.24, 2.45) is 0 Å². The van der Waals surface area contributed by atoms with Crippen LogP contribution in [0.15, 0.2) is 53.4 Å². The first-order chi connectivity index (χ1) is 12.3.